The molecule has 5 heteroatoms. The molecule has 1 aliphatic rings. The summed E-state index contributed by atoms with van der Waals surface area (Å²) in [5.74, 6) is -0.387. The number of nitrogens with zero attached hydrogens (tertiary/aromatic N) is 1. The molecule has 4 nitrogen and oxygen atoms in total. The average molecular weight is 262 g/mol. The van der Waals surface area contributed by atoms with Gasteiger partial charge in [0.2, 0.25) is 11.8 Å². The molecule has 0 bridgehead atoms. The second kappa shape index (κ2) is 5.27. The quantitative estimate of drug-likeness (QED) is 0.834. The molecule has 18 heavy (non-hydrogen) atoms. The fourth-order valence-electron chi connectivity index (χ4n) is 2.08. The van der Waals surface area contributed by atoms with Crippen molar-refractivity contribution in [2.45, 2.75) is 25.8 Å². The summed E-state index contributed by atoms with van der Waals surface area (Å²) in [7, 11) is 0. The number of hydrogen-bond acceptors (Lipinski definition) is 3. The number of hydrogen-bond donors (Lipinski definition) is 1. The van der Waals surface area contributed by atoms with Gasteiger partial charge in [-0.2, -0.15) is 0 Å². The van der Waals surface area contributed by atoms with Crippen LogP contribution in [-0.4, -0.2) is 27.9 Å². The molecule has 2 amide bonds. The topological polar surface area (TPSA) is 49.4 Å². The Bertz CT molecular complexity index is 487. The van der Waals surface area contributed by atoms with Crippen LogP contribution in [-0.2, 0) is 16.0 Å². The van der Waals surface area contributed by atoms with Crippen molar-refractivity contribution in [3.8, 4) is 0 Å². The Morgan fingerprint density at radius 2 is 2.06 bits per heavy atom. The summed E-state index contributed by atoms with van der Waals surface area (Å²) < 4.78 is 0. The highest BCUT2D eigenvalue weighted by Gasteiger charge is 2.37. The summed E-state index contributed by atoms with van der Waals surface area (Å²) in [4.78, 5) is 24.6. The maximum Gasteiger partial charge on any atom is 0.249 e. The third-order valence-corrected chi connectivity index (χ3v) is 3.25. The summed E-state index contributed by atoms with van der Waals surface area (Å²) in [5.41, 5.74) is 1.15. The lowest BCUT2D eigenvalue weighted by atomic mass is 10.0. The van der Waals surface area contributed by atoms with E-state index in [1.54, 1.807) is 0 Å². The van der Waals surface area contributed by atoms with Crippen LogP contribution in [0.5, 0.6) is 0 Å². The first-order chi connectivity index (χ1) is 8.59. The van der Waals surface area contributed by atoms with Gasteiger partial charge in [0.15, 0.2) is 5.11 Å². The minimum Gasteiger partial charge on any atom is -0.301 e. The van der Waals surface area contributed by atoms with E-state index in [1.165, 1.54) is 11.8 Å². The van der Waals surface area contributed by atoms with Gasteiger partial charge < -0.3 is 5.32 Å². The molecule has 94 valence electrons. The third-order valence-electron chi connectivity index (χ3n) is 2.95. The Kier molecular flexibility index (Phi) is 3.72. The van der Waals surface area contributed by atoms with Gasteiger partial charge in [0.1, 0.15) is 6.04 Å². The molecule has 1 aliphatic heterocycles. The molecule has 0 radical (unpaired) electrons. The Labute approximate surface area is 111 Å². The average Bonchev–Trinajstić information content (AvgIpc) is 2.62. The van der Waals surface area contributed by atoms with Gasteiger partial charge in [0.05, 0.1) is 0 Å². The van der Waals surface area contributed by atoms with E-state index in [0.29, 0.717) is 6.42 Å². The van der Waals surface area contributed by atoms with Gasteiger partial charge >= 0.3 is 0 Å². The van der Waals surface area contributed by atoms with Crippen LogP contribution in [0.3, 0.4) is 0 Å². The van der Waals surface area contributed by atoms with Crippen molar-refractivity contribution in [3.05, 3.63) is 35.9 Å². The number of nitrogens with one attached hydrogen (secondary N) is 1. The van der Waals surface area contributed by atoms with Crippen LogP contribution in [0.1, 0.15) is 18.9 Å². The molecule has 1 fully saturated rings. The number of rotatable bonds is 3. The molecule has 0 aliphatic carbocycles. The smallest absolute Gasteiger partial charge is 0.249 e. The van der Waals surface area contributed by atoms with E-state index in [0.717, 1.165) is 12.0 Å². The fraction of sp³-hybridized carbons (Fsp3) is 0.308. The first-order valence-electron chi connectivity index (χ1n) is 5.78. The Morgan fingerprint density at radius 1 is 1.39 bits per heavy atom. The zero-order chi connectivity index (χ0) is 13.1. The number of carbonyl (C=O) groups is 2. The Morgan fingerprint density at radius 3 is 2.67 bits per heavy atom. The van der Waals surface area contributed by atoms with Crippen LogP contribution in [0, 0.1) is 0 Å². The van der Waals surface area contributed by atoms with Crippen LogP contribution < -0.4 is 5.32 Å². The molecule has 1 saturated heterocycles. The number of thiocarbonyl (C=S) groups is 1. The summed E-state index contributed by atoms with van der Waals surface area (Å²) in [6.45, 7) is 1.42. The molecule has 0 saturated carbocycles. The van der Waals surface area contributed by atoms with E-state index in [-0.39, 0.29) is 16.9 Å². The highest BCUT2D eigenvalue weighted by molar-refractivity contribution is 7.80. The number of carbonyl (C=O) groups excluding carboxylic acids is 2. The minimum atomic E-state index is -0.477. The summed E-state index contributed by atoms with van der Waals surface area (Å²) >= 11 is 4.97. The summed E-state index contributed by atoms with van der Waals surface area (Å²) in [6.07, 6.45) is 1.32. The molecular formula is C13H14N2O2S. The molecule has 0 spiro atoms. The molecule has 0 aromatic heterocycles. The van der Waals surface area contributed by atoms with Crippen molar-refractivity contribution in [2.75, 3.05) is 0 Å². The maximum absolute atomic E-state index is 11.7. The SMILES string of the molecule is CC(=O)N1C(=S)NC(=O)C1CCc1ccccc1. The number of benzene rings is 1. The Hall–Kier alpha value is -1.75. The second-order valence-electron chi connectivity index (χ2n) is 4.22. The monoisotopic (exact) mass is 262 g/mol. The lowest BCUT2D eigenvalue weighted by Gasteiger charge is -2.19. The maximum atomic E-state index is 11.7. The highest BCUT2D eigenvalue weighted by atomic mass is 32.1. The van der Waals surface area contributed by atoms with Crippen LogP contribution >= 0.6 is 12.2 Å². The van der Waals surface area contributed by atoms with Gasteiger partial charge in [-0.15, -0.1) is 0 Å². The first kappa shape index (κ1) is 12.7. The van der Waals surface area contributed by atoms with Crippen molar-refractivity contribution in [1.29, 1.82) is 0 Å². The van der Waals surface area contributed by atoms with Crippen LogP contribution in [0.2, 0.25) is 0 Å². The zero-order valence-electron chi connectivity index (χ0n) is 10.1. The summed E-state index contributed by atoms with van der Waals surface area (Å²) in [6, 6.07) is 9.39. The number of aryl methyl sites for hydroxylation is 1. The van der Waals surface area contributed by atoms with Crippen molar-refractivity contribution in [3.63, 3.8) is 0 Å². The highest BCUT2D eigenvalue weighted by Crippen LogP contribution is 2.15. The van der Waals surface area contributed by atoms with E-state index in [9.17, 15) is 9.59 Å². The fourth-order valence-corrected chi connectivity index (χ4v) is 2.43. The minimum absolute atomic E-state index is 0.189. The van der Waals surface area contributed by atoms with E-state index >= 15 is 0 Å². The normalized spacial score (nSPS) is 18.9. The van der Waals surface area contributed by atoms with Crippen LogP contribution in [0.4, 0.5) is 0 Å². The van der Waals surface area contributed by atoms with Gasteiger partial charge in [-0.25, -0.2) is 0 Å². The van der Waals surface area contributed by atoms with Gasteiger partial charge in [-0.05, 0) is 30.6 Å². The van der Waals surface area contributed by atoms with Crippen molar-refractivity contribution >= 4 is 29.1 Å². The third kappa shape index (κ3) is 2.56. The largest absolute Gasteiger partial charge is 0.301 e. The number of amides is 2. The molecule has 1 heterocycles. The molecular weight excluding hydrogens is 248 g/mol. The molecule has 1 N–H and O–H groups in total. The summed E-state index contributed by atoms with van der Waals surface area (Å²) in [5, 5.41) is 2.75. The van der Waals surface area contributed by atoms with Gasteiger partial charge in [0, 0.05) is 6.92 Å². The predicted molar refractivity (Wildman–Crippen MR) is 71.8 cm³/mol. The first-order valence-corrected chi connectivity index (χ1v) is 6.19. The molecule has 1 aromatic rings. The molecule has 1 atom stereocenters. The molecule has 1 aromatic carbocycles. The van der Waals surface area contributed by atoms with Crippen LogP contribution in [0.25, 0.3) is 0 Å². The van der Waals surface area contributed by atoms with Crippen molar-refractivity contribution in [1.82, 2.24) is 10.2 Å². The Balaban J connectivity index is 2.05. The lowest BCUT2D eigenvalue weighted by Crippen LogP contribution is -2.38. The standard InChI is InChI=1S/C13H14N2O2S/c1-9(16)15-11(12(17)14-13(15)18)8-7-10-5-3-2-4-6-10/h2-6,11H,7-8H2,1H3,(H,14,17,18). The van der Waals surface area contributed by atoms with Crippen LogP contribution in [0.15, 0.2) is 30.3 Å². The van der Waals surface area contributed by atoms with E-state index in [1.807, 2.05) is 30.3 Å². The van der Waals surface area contributed by atoms with Crippen molar-refractivity contribution < 1.29 is 9.59 Å². The predicted octanol–water partition coefficient (Wildman–Crippen LogP) is 1.25. The lowest BCUT2D eigenvalue weighted by molar-refractivity contribution is -0.131. The second-order valence-corrected chi connectivity index (χ2v) is 4.61. The van der Waals surface area contributed by atoms with Gasteiger partial charge in [-0.1, -0.05) is 30.3 Å². The molecule has 1 unspecified atom stereocenters. The van der Waals surface area contributed by atoms with E-state index < -0.39 is 6.04 Å². The van der Waals surface area contributed by atoms with Gasteiger partial charge in [0.25, 0.3) is 0 Å². The molecule has 2 rings (SSSR count). The van der Waals surface area contributed by atoms with E-state index in [2.05, 4.69) is 5.32 Å². The van der Waals surface area contributed by atoms with Gasteiger partial charge in [-0.3, -0.25) is 14.5 Å². The van der Waals surface area contributed by atoms with E-state index in [4.69, 9.17) is 12.2 Å². The zero-order valence-corrected chi connectivity index (χ0v) is 10.9. The van der Waals surface area contributed by atoms with Crippen molar-refractivity contribution in [2.24, 2.45) is 0 Å².